The number of ether oxygens (including phenoxy) is 2. The van der Waals surface area contributed by atoms with Crippen LogP contribution >= 0.6 is 0 Å². The fraction of sp³-hybridized carbons (Fsp3) is 0.567. The summed E-state index contributed by atoms with van der Waals surface area (Å²) in [5.41, 5.74) is 7.73. The van der Waals surface area contributed by atoms with Crippen LogP contribution in [-0.4, -0.2) is 76.8 Å². The molecular weight excluding hydrogens is 540 g/mol. The van der Waals surface area contributed by atoms with Crippen LogP contribution in [0.4, 0.5) is 22.2 Å². The van der Waals surface area contributed by atoms with Crippen molar-refractivity contribution in [2.24, 2.45) is 5.92 Å². The second kappa shape index (κ2) is 13.3. The van der Waals surface area contributed by atoms with Gasteiger partial charge in [-0.25, -0.2) is 4.79 Å². The van der Waals surface area contributed by atoms with Crippen LogP contribution in [0.25, 0.3) is 0 Å². The van der Waals surface area contributed by atoms with E-state index in [1.54, 1.807) is 11.9 Å². The van der Waals surface area contributed by atoms with Crippen molar-refractivity contribution in [3.63, 3.8) is 0 Å². The first-order chi connectivity index (χ1) is 19.9. The van der Waals surface area contributed by atoms with Gasteiger partial charge in [0.1, 0.15) is 23.6 Å². The number of nitrogens with one attached hydrogen (secondary N) is 1. The number of hydrogen-bond donors (Lipinski definition) is 3. The molecule has 1 saturated carbocycles. The number of fused-ring (bicyclic) bond motifs is 1. The summed E-state index contributed by atoms with van der Waals surface area (Å²) in [4.78, 5) is 48.5. The zero-order valence-corrected chi connectivity index (χ0v) is 24.9. The number of hydrogen-bond acceptors (Lipinski definition) is 9. The molecule has 1 aromatic heterocycles. The molecule has 12 nitrogen and oxygen atoms in total. The van der Waals surface area contributed by atoms with Crippen LogP contribution in [0.5, 0.6) is 5.88 Å². The summed E-state index contributed by atoms with van der Waals surface area (Å²) in [5.74, 6) is -0.00246. The summed E-state index contributed by atoms with van der Waals surface area (Å²) in [6.07, 6.45) is 4.22. The maximum absolute atomic E-state index is 13.5. The van der Waals surface area contributed by atoms with E-state index in [0.717, 1.165) is 31.4 Å². The molecule has 2 amide bonds. The van der Waals surface area contributed by atoms with Gasteiger partial charge in [-0.15, -0.1) is 0 Å². The van der Waals surface area contributed by atoms with Crippen LogP contribution in [0.15, 0.2) is 24.3 Å². The van der Waals surface area contributed by atoms with E-state index >= 15 is 0 Å². The smallest absolute Gasteiger partial charge is 0.410 e. The van der Waals surface area contributed by atoms with Crippen LogP contribution in [-0.2, 0) is 9.53 Å². The van der Waals surface area contributed by atoms with Gasteiger partial charge in [0.15, 0.2) is 0 Å². The number of nitrogens with two attached hydrogens (primary N) is 1. The fourth-order valence-corrected chi connectivity index (χ4v) is 5.38. The molecule has 0 bridgehead atoms. The van der Waals surface area contributed by atoms with Crippen molar-refractivity contribution < 1.29 is 29.0 Å². The van der Waals surface area contributed by atoms with E-state index in [9.17, 15) is 14.4 Å². The summed E-state index contributed by atoms with van der Waals surface area (Å²) in [7, 11) is 1.68. The Kier molecular flexibility index (Phi) is 9.74. The van der Waals surface area contributed by atoms with E-state index in [2.05, 4.69) is 15.3 Å². The Morgan fingerprint density at radius 3 is 2.50 bits per heavy atom. The van der Waals surface area contributed by atoms with E-state index in [4.69, 9.17) is 20.3 Å². The number of benzene rings is 1. The van der Waals surface area contributed by atoms with Crippen LogP contribution in [0.1, 0.15) is 81.1 Å². The van der Waals surface area contributed by atoms with E-state index in [1.165, 1.54) is 10.5 Å². The Morgan fingerprint density at radius 2 is 1.86 bits per heavy atom. The highest BCUT2D eigenvalue weighted by Gasteiger charge is 2.30. The number of amides is 2. The second-order valence-corrected chi connectivity index (χ2v) is 12.0. The van der Waals surface area contributed by atoms with Gasteiger partial charge >= 0.3 is 12.1 Å². The molecule has 2 heterocycles. The number of carboxylic acid groups (broad SMARTS) is 1. The Balaban J connectivity index is 1.35. The molecule has 4 N–H and O–H groups in total. The molecule has 2 aromatic rings. The van der Waals surface area contributed by atoms with Gasteiger partial charge < -0.3 is 35.4 Å². The molecule has 1 aliphatic heterocycles. The van der Waals surface area contributed by atoms with Crippen LogP contribution in [0, 0.1) is 5.92 Å². The minimum absolute atomic E-state index is 0.0278. The lowest BCUT2D eigenvalue weighted by molar-refractivity contribution is -0.138. The summed E-state index contributed by atoms with van der Waals surface area (Å²) in [6, 6.07) is 7.96. The molecule has 1 aliphatic carbocycles. The molecule has 42 heavy (non-hydrogen) atoms. The first kappa shape index (κ1) is 30.9. The molecule has 1 aromatic carbocycles. The Hall–Kier alpha value is -4.09. The predicted molar refractivity (Wildman–Crippen MR) is 159 cm³/mol. The summed E-state index contributed by atoms with van der Waals surface area (Å²) in [5, 5.41) is 12.2. The summed E-state index contributed by atoms with van der Waals surface area (Å²) < 4.78 is 11.2. The highest BCUT2D eigenvalue weighted by Crippen LogP contribution is 2.38. The number of carbonyl (C=O) groups is 3. The van der Waals surface area contributed by atoms with Gasteiger partial charge in [-0.1, -0.05) is 12.1 Å². The molecule has 12 heteroatoms. The Bertz CT molecular complexity index is 1270. The topological polar surface area (TPSA) is 160 Å². The number of nitrogens with zero attached hydrogens (tertiary/aromatic N) is 4. The SMILES string of the molecule is CN(CCCNc1nc(N)c2c(n1)OCCN(c1ccc([C@H]3CC[C@H](CC(=O)O)CC3)cc1)C2=O)C(=O)OC(C)(C)C. The Morgan fingerprint density at radius 1 is 1.17 bits per heavy atom. The van der Waals surface area contributed by atoms with Crippen LogP contribution in [0.2, 0.25) is 0 Å². The zero-order valence-electron chi connectivity index (χ0n) is 24.9. The summed E-state index contributed by atoms with van der Waals surface area (Å²) >= 11 is 0. The zero-order chi connectivity index (χ0) is 30.4. The molecule has 2 aliphatic rings. The third kappa shape index (κ3) is 8.01. The number of nitrogen functional groups attached to an aromatic ring is 1. The van der Waals surface area contributed by atoms with E-state index < -0.39 is 11.6 Å². The van der Waals surface area contributed by atoms with E-state index in [0.29, 0.717) is 32.0 Å². The van der Waals surface area contributed by atoms with Gasteiger partial charge in [-0.05, 0) is 82.4 Å². The first-order valence-electron chi connectivity index (χ1n) is 14.5. The monoisotopic (exact) mass is 582 g/mol. The van der Waals surface area contributed by atoms with Crippen molar-refractivity contribution in [2.45, 2.75) is 70.8 Å². The molecule has 1 fully saturated rings. The molecule has 0 atom stereocenters. The number of anilines is 3. The number of carboxylic acids is 1. The van der Waals surface area contributed by atoms with Crippen molar-refractivity contribution in [1.82, 2.24) is 14.9 Å². The van der Waals surface area contributed by atoms with Crippen molar-refractivity contribution >= 4 is 35.4 Å². The van der Waals surface area contributed by atoms with Gasteiger partial charge in [0.2, 0.25) is 11.8 Å². The van der Waals surface area contributed by atoms with Gasteiger partial charge in [0, 0.05) is 32.2 Å². The second-order valence-electron chi connectivity index (χ2n) is 12.0. The minimum atomic E-state index is -0.728. The van der Waals surface area contributed by atoms with Gasteiger partial charge in [0.05, 0.1) is 6.54 Å². The standard InChI is InChI=1S/C30H42N6O6/c1-30(2,3)42-29(40)35(4)15-5-14-32-28-33-25(31)24-26(34-28)41-17-16-36(27(24)39)22-12-10-21(11-13-22)20-8-6-19(7-9-20)18-23(37)38/h10-13,19-20H,5-9,14-18H2,1-4H3,(H,37,38)(H3,31,32,33,34)/t19-,20-. The molecule has 0 saturated heterocycles. The highest BCUT2D eigenvalue weighted by atomic mass is 16.6. The fourth-order valence-electron chi connectivity index (χ4n) is 5.38. The maximum Gasteiger partial charge on any atom is 0.410 e. The highest BCUT2D eigenvalue weighted by molar-refractivity contribution is 6.10. The summed E-state index contributed by atoms with van der Waals surface area (Å²) in [6.45, 7) is 6.97. The van der Waals surface area contributed by atoms with Gasteiger partial charge in [-0.3, -0.25) is 9.59 Å². The number of aliphatic carboxylic acids is 1. The predicted octanol–water partition coefficient (Wildman–Crippen LogP) is 4.52. The minimum Gasteiger partial charge on any atom is -0.481 e. The normalized spacial score (nSPS) is 18.9. The third-order valence-corrected chi connectivity index (χ3v) is 7.56. The lowest BCUT2D eigenvalue weighted by Gasteiger charge is -2.28. The number of aromatic nitrogens is 2. The molecule has 4 rings (SSSR count). The quantitative estimate of drug-likeness (QED) is 0.359. The molecule has 0 radical (unpaired) electrons. The Labute approximate surface area is 246 Å². The van der Waals surface area contributed by atoms with E-state index in [1.807, 2.05) is 45.0 Å². The molecular formula is C30H42N6O6. The van der Waals surface area contributed by atoms with Gasteiger partial charge in [-0.2, -0.15) is 9.97 Å². The van der Waals surface area contributed by atoms with Crippen molar-refractivity contribution in [2.75, 3.05) is 49.2 Å². The first-order valence-corrected chi connectivity index (χ1v) is 14.5. The van der Waals surface area contributed by atoms with Crippen molar-refractivity contribution in [1.29, 1.82) is 0 Å². The largest absolute Gasteiger partial charge is 0.481 e. The molecule has 228 valence electrons. The third-order valence-electron chi connectivity index (χ3n) is 7.56. The molecule has 0 unspecified atom stereocenters. The molecule has 0 spiro atoms. The van der Waals surface area contributed by atoms with E-state index in [-0.39, 0.29) is 54.2 Å². The van der Waals surface area contributed by atoms with Crippen molar-refractivity contribution in [3.8, 4) is 5.88 Å². The van der Waals surface area contributed by atoms with Gasteiger partial charge in [0.25, 0.3) is 5.91 Å². The van der Waals surface area contributed by atoms with Crippen LogP contribution in [0.3, 0.4) is 0 Å². The number of rotatable bonds is 9. The number of carbonyl (C=O) groups excluding carboxylic acids is 2. The van der Waals surface area contributed by atoms with Crippen LogP contribution < -0.4 is 20.7 Å². The average Bonchev–Trinajstić information content (AvgIpc) is 3.09. The lowest BCUT2D eigenvalue weighted by atomic mass is 9.77. The average molecular weight is 583 g/mol. The lowest BCUT2D eigenvalue weighted by Crippen LogP contribution is -2.35. The van der Waals surface area contributed by atoms with Crippen molar-refractivity contribution in [3.05, 3.63) is 35.4 Å². The maximum atomic E-state index is 13.5.